The van der Waals surface area contributed by atoms with Crippen molar-refractivity contribution in [1.82, 2.24) is 0 Å². The molecular weight excluding hydrogens is 227 g/mol. The van der Waals surface area contributed by atoms with E-state index in [0.717, 1.165) is 0 Å². The molecule has 0 aliphatic rings. The normalized spacial score (nSPS) is 11.3. The highest BCUT2D eigenvalue weighted by atomic mass is 28.3. The molecule has 0 aliphatic carbocycles. The zero-order valence-corrected chi connectivity index (χ0v) is 10.8. The van der Waals surface area contributed by atoms with Gasteiger partial charge in [-0.15, -0.1) is 0 Å². The number of carbonyl (C=O) groups is 1. The summed E-state index contributed by atoms with van der Waals surface area (Å²) < 4.78 is 18.8. The zero-order chi connectivity index (χ0) is 12.5. The molecular formula is C11H15FO3Si. The van der Waals surface area contributed by atoms with Gasteiger partial charge in [0.05, 0.1) is 20.7 Å². The molecule has 1 aromatic rings. The van der Waals surface area contributed by atoms with Crippen LogP contribution in [0.4, 0.5) is 4.39 Å². The van der Waals surface area contributed by atoms with Crippen LogP contribution in [0.25, 0.3) is 0 Å². The van der Waals surface area contributed by atoms with Gasteiger partial charge in [0.25, 0.3) is 0 Å². The predicted octanol–water partition coefficient (Wildman–Crippen LogP) is 2.08. The summed E-state index contributed by atoms with van der Waals surface area (Å²) in [6, 6.07) is 2.62. The van der Waals surface area contributed by atoms with Crippen LogP contribution in [0.2, 0.25) is 19.6 Å². The van der Waals surface area contributed by atoms with E-state index >= 15 is 0 Å². The lowest BCUT2D eigenvalue weighted by Crippen LogP contribution is -2.40. The van der Waals surface area contributed by atoms with Crippen molar-refractivity contribution in [3.8, 4) is 5.75 Å². The number of halogens is 1. The lowest BCUT2D eigenvalue weighted by atomic mass is 10.2. The first-order valence-corrected chi connectivity index (χ1v) is 8.38. The van der Waals surface area contributed by atoms with Crippen LogP contribution in [0.15, 0.2) is 12.1 Å². The lowest BCUT2D eigenvalue weighted by Gasteiger charge is -2.19. The van der Waals surface area contributed by atoms with Crippen LogP contribution in [-0.4, -0.2) is 26.3 Å². The number of aromatic carboxylic acids is 1. The predicted molar refractivity (Wildman–Crippen MR) is 62.9 cm³/mol. The van der Waals surface area contributed by atoms with Gasteiger partial charge in [0.1, 0.15) is 0 Å². The van der Waals surface area contributed by atoms with Crippen LogP contribution in [0.3, 0.4) is 0 Å². The maximum Gasteiger partial charge on any atom is 0.335 e. The van der Waals surface area contributed by atoms with Gasteiger partial charge in [-0.05, 0) is 17.3 Å². The van der Waals surface area contributed by atoms with Crippen LogP contribution < -0.4 is 9.92 Å². The highest BCUT2D eigenvalue weighted by Gasteiger charge is 2.25. The van der Waals surface area contributed by atoms with Gasteiger partial charge in [0.2, 0.25) is 0 Å². The summed E-state index contributed by atoms with van der Waals surface area (Å²) in [5.74, 6) is -1.51. The van der Waals surface area contributed by atoms with Crippen molar-refractivity contribution in [2.75, 3.05) is 7.11 Å². The number of ether oxygens (including phenoxy) is 1. The Bertz CT molecular complexity index is 424. The van der Waals surface area contributed by atoms with Crippen LogP contribution in [0.5, 0.6) is 5.75 Å². The number of hydrogen-bond donors (Lipinski definition) is 1. The average molecular weight is 242 g/mol. The molecule has 0 fully saturated rings. The molecule has 0 spiro atoms. The summed E-state index contributed by atoms with van der Waals surface area (Å²) in [6.07, 6.45) is 0. The molecule has 0 aromatic heterocycles. The van der Waals surface area contributed by atoms with Gasteiger partial charge < -0.3 is 9.84 Å². The van der Waals surface area contributed by atoms with Gasteiger partial charge in [0.15, 0.2) is 11.6 Å². The van der Waals surface area contributed by atoms with Crippen molar-refractivity contribution in [3.63, 3.8) is 0 Å². The van der Waals surface area contributed by atoms with E-state index in [2.05, 4.69) is 0 Å². The minimum absolute atomic E-state index is 0.00248. The van der Waals surface area contributed by atoms with E-state index in [1.54, 1.807) is 0 Å². The first-order valence-electron chi connectivity index (χ1n) is 4.88. The van der Waals surface area contributed by atoms with Crippen LogP contribution in [0, 0.1) is 5.82 Å². The second-order valence-electron chi connectivity index (χ2n) is 4.60. The fourth-order valence-corrected chi connectivity index (χ4v) is 2.79. The van der Waals surface area contributed by atoms with Crippen molar-refractivity contribution in [2.45, 2.75) is 19.6 Å². The summed E-state index contributed by atoms with van der Waals surface area (Å²) in [6.45, 7) is 5.86. The number of carboxylic acid groups (broad SMARTS) is 1. The van der Waals surface area contributed by atoms with E-state index in [9.17, 15) is 9.18 Å². The van der Waals surface area contributed by atoms with Crippen molar-refractivity contribution in [3.05, 3.63) is 23.5 Å². The highest BCUT2D eigenvalue weighted by molar-refractivity contribution is 6.88. The standard InChI is InChI=1S/C11H15FO3Si/c1-15-8-5-7(11(13)14)6-9(10(8)12)16(2,3)4/h5-6H,1-4H3,(H,13,14). The smallest absolute Gasteiger partial charge is 0.335 e. The van der Waals surface area contributed by atoms with Crippen LogP contribution in [0.1, 0.15) is 10.4 Å². The summed E-state index contributed by atoms with van der Waals surface area (Å²) >= 11 is 0. The Morgan fingerprint density at radius 3 is 2.31 bits per heavy atom. The molecule has 5 heteroatoms. The largest absolute Gasteiger partial charge is 0.494 e. The minimum Gasteiger partial charge on any atom is -0.494 e. The molecule has 0 atom stereocenters. The number of rotatable bonds is 3. The number of hydrogen-bond acceptors (Lipinski definition) is 2. The second-order valence-corrected chi connectivity index (χ2v) is 9.63. The first kappa shape index (κ1) is 12.7. The van der Waals surface area contributed by atoms with Gasteiger partial charge in [-0.25, -0.2) is 9.18 Å². The SMILES string of the molecule is COc1cc(C(=O)O)cc([Si](C)(C)C)c1F. The molecule has 88 valence electrons. The fourth-order valence-electron chi connectivity index (χ4n) is 1.42. The molecule has 0 saturated carbocycles. The minimum atomic E-state index is -1.92. The molecule has 0 heterocycles. The highest BCUT2D eigenvalue weighted by Crippen LogP contribution is 2.20. The van der Waals surface area contributed by atoms with Crippen molar-refractivity contribution >= 4 is 19.2 Å². The summed E-state index contributed by atoms with van der Waals surface area (Å²) in [5, 5.41) is 9.40. The van der Waals surface area contributed by atoms with Crippen molar-refractivity contribution < 1.29 is 19.0 Å². The van der Waals surface area contributed by atoms with Crippen molar-refractivity contribution in [2.24, 2.45) is 0 Å². The average Bonchev–Trinajstić information content (AvgIpc) is 2.15. The molecule has 0 amide bonds. The molecule has 3 nitrogen and oxygen atoms in total. The molecule has 1 N–H and O–H groups in total. The number of carboxylic acids is 1. The fraction of sp³-hybridized carbons (Fsp3) is 0.364. The molecule has 1 rings (SSSR count). The monoisotopic (exact) mass is 242 g/mol. The molecule has 0 aliphatic heterocycles. The Morgan fingerprint density at radius 2 is 1.94 bits per heavy atom. The third kappa shape index (κ3) is 2.41. The van der Waals surface area contributed by atoms with Gasteiger partial charge in [0, 0.05) is 0 Å². The Balaban J connectivity index is 3.48. The number of benzene rings is 1. The summed E-state index contributed by atoms with van der Waals surface area (Å²) in [5.41, 5.74) is 0.0654. The molecule has 0 unspecified atom stereocenters. The van der Waals surface area contributed by atoms with Gasteiger partial charge in [-0.1, -0.05) is 19.6 Å². The van der Waals surface area contributed by atoms with Crippen molar-refractivity contribution in [1.29, 1.82) is 0 Å². The maximum atomic E-state index is 13.9. The Hall–Kier alpha value is -1.36. The number of methoxy groups -OCH3 is 1. The van der Waals surface area contributed by atoms with Gasteiger partial charge >= 0.3 is 5.97 Å². The topological polar surface area (TPSA) is 46.5 Å². The van der Waals surface area contributed by atoms with E-state index in [1.165, 1.54) is 19.2 Å². The van der Waals surface area contributed by atoms with E-state index in [4.69, 9.17) is 9.84 Å². The quantitative estimate of drug-likeness (QED) is 0.825. The van der Waals surface area contributed by atoms with Crippen LogP contribution >= 0.6 is 0 Å². The van der Waals surface area contributed by atoms with E-state index in [-0.39, 0.29) is 11.3 Å². The van der Waals surface area contributed by atoms with E-state index in [0.29, 0.717) is 5.19 Å². The Kier molecular flexibility index (Phi) is 3.37. The summed E-state index contributed by atoms with van der Waals surface area (Å²) in [4.78, 5) is 10.9. The molecule has 1 aromatic carbocycles. The van der Waals surface area contributed by atoms with Crippen LogP contribution in [-0.2, 0) is 0 Å². The molecule has 0 radical (unpaired) electrons. The maximum absolute atomic E-state index is 13.9. The first-order chi connectivity index (χ1) is 7.27. The third-order valence-electron chi connectivity index (χ3n) is 2.31. The second kappa shape index (κ2) is 4.25. The summed E-state index contributed by atoms with van der Waals surface area (Å²) in [7, 11) is -0.590. The zero-order valence-electron chi connectivity index (χ0n) is 9.80. The molecule has 16 heavy (non-hydrogen) atoms. The third-order valence-corrected chi connectivity index (χ3v) is 4.29. The Morgan fingerprint density at radius 1 is 1.38 bits per heavy atom. The lowest BCUT2D eigenvalue weighted by molar-refractivity contribution is 0.0696. The van der Waals surface area contributed by atoms with E-state index < -0.39 is 19.9 Å². The van der Waals surface area contributed by atoms with E-state index in [1.807, 2.05) is 19.6 Å². The van der Waals surface area contributed by atoms with Gasteiger partial charge in [-0.3, -0.25) is 0 Å². The molecule has 0 saturated heterocycles. The molecule has 0 bridgehead atoms. The Labute approximate surface area is 94.9 Å². The van der Waals surface area contributed by atoms with Gasteiger partial charge in [-0.2, -0.15) is 0 Å².